The molecule has 0 aliphatic rings. The summed E-state index contributed by atoms with van der Waals surface area (Å²) in [5.41, 5.74) is 0. The van der Waals surface area contributed by atoms with E-state index in [1.54, 1.807) is 17.8 Å². The molecule has 0 heterocycles. The van der Waals surface area contributed by atoms with E-state index in [1.807, 2.05) is 6.08 Å². The summed E-state index contributed by atoms with van der Waals surface area (Å²) in [6.07, 6.45) is 1.77. The molecule has 0 unspecified atom stereocenters. The zero-order valence-corrected chi connectivity index (χ0v) is 7.69. The SMILES string of the molecule is C=CCSCCNC(=O)CC#N. The molecule has 66 valence electrons. The molecule has 0 atom stereocenters. The van der Waals surface area contributed by atoms with Gasteiger partial charge in [-0.05, 0) is 0 Å². The van der Waals surface area contributed by atoms with Gasteiger partial charge in [-0.25, -0.2) is 0 Å². The molecule has 0 rings (SSSR count). The van der Waals surface area contributed by atoms with E-state index >= 15 is 0 Å². The van der Waals surface area contributed by atoms with Crippen molar-refractivity contribution in [2.75, 3.05) is 18.1 Å². The van der Waals surface area contributed by atoms with Crippen molar-refractivity contribution >= 4 is 17.7 Å². The highest BCUT2D eigenvalue weighted by Gasteiger charge is 1.96. The van der Waals surface area contributed by atoms with E-state index in [9.17, 15) is 4.79 Å². The smallest absolute Gasteiger partial charge is 0.234 e. The minimum Gasteiger partial charge on any atom is -0.354 e. The van der Waals surface area contributed by atoms with E-state index in [0.29, 0.717) is 6.54 Å². The second-order valence-corrected chi connectivity index (χ2v) is 3.20. The fourth-order valence-electron chi connectivity index (χ4n) is 0.564. The Kier molecular flexibility index (Phi) is 7.50. The fraction of sp³-hybridized carbons (Fsp3) is 0.500. The van der Waals surface area contributed by atoms with Crippen LogP contribution in [-0.4, -0.2) is 24.0 Å². The van der Waals surface area contributed by atoms with Gasteiger partial charge in [-0.3, -0.25) is 4.79 Å². The van der Waals surface area contributed by atoms with Gasteiger partial charge in [0.1, 0.15) is 6.42 Å². The van der Waals surface area contributed by atoms with Crippen LogP contribution < -0.4 is 5.32 Å². The lowest BCUT2D eigenvalue weighted by Gasteiger charge is -2.00. The van der Waals surface area contributed by atoms with Crippen LogP contribution >= 0.6 is 11.8 Å². The highest BCUT2D eigenvalue weighted by atomic mass is 32.2. The van der Waals surface area contributed by atoms with Crippen molar-refractivity contribution in [1.82, 2.24) is 5.32 Å². The first kappa shape index (κ1) is 11.1. The van der Waals surface area contributed by atoms with E-state index in [2.05, 4.69) is 11.9 Å². The summed E-state index contributed by atoms with van der Waals surface area (Å²) in [5, 5.41) is 10.8. The van der Waals surface area contributed by atoms with Crippen LogP contribution in [-0.2, 0) is 4.79 Å². The van der Waals surface area contributed by atoms with Crippen LogP contribution in [0.25, 0.3) is 0 Å². The van der Waals surface area contributed by atoms with Crippen LogP contribution in [0.2, 0.25) is 0 Å². The first-order chi connectivity index (χ1) is 5.81. The van der Waals surface area contributed by atoms with Crippen LogP contribution in [0.4, 0.5) is 0 Å². The second-order valence-electron chi connectivity index (χ2n) is 2.05. The van der Waals surface area contributed by atoms with Crippen molar-refractivity contribution in [1.29, 1.82) is 5.26 Å². The van der Waals surface area contributed by atoms with Crippen molar-refractivity contribution in [3.8, 4) is 6.07 Å². The summed E-state index contributed by atoms with van der Waals surface area (Å²) in [7, 11) is 0. The standard InChI is InChI=1S/C8H12N2OS/c1-2-6-12-7-5-10-8(11)3-4-9/h2H,1,3,5-7H2,(H,10,11). The monoisotopic (exact) mass is 184 g/mol. The van der Waals surface area contributed by atoms with Gasteiger partial charge < -0.3 is 5.32 Å². The predicted molar refractivity (Wildman–Crippen MR) is 50.8 cm³/mol. The third-order valence-corrected chi connectivity index (χ3v) is 2.01. The zero-order chi connectivity index (χ0) is 9.23. The fourth-order valence-corrected chi connectivity index (χ4v) is 1.14. The lowest BCUT2D eigenvalue weighted by atomic mass is 10.4. The highest BCUT2D eigenvalue weighted by molar-refractivity contribution is 7.99. The maximum absolute atomic E-state index is 10.7. The van der Waals surface area contributed by atoms with E-state index in [4.69, 9.17) is 5.26 Å². The Balaban J connectivity index is 3.15. The maximum Gasteiger partial charge on any atom is 0.234 e. The van der Waals surface area contributed by atoms with Crippen molar-refractivity contribution in [3.63, 3.8) is 0 Å². The summed E-state index contributed by atoms with van der Waals surface area (Å²) in [4.78, 5) is 10.7. The van der Waals surface area contributed by atoms with Crippen molar-refractivity contribution in [2.24, 2.45) is 0 Å². The van der Waals surface area contributed by atoms with Gasteiger partial charge in [0.15, 0.2) is 0 Å². The number of thioether (sulfide) groups is 1. The predicted octanol–water partition coefficient (Wildman–Crippen LogP) is 0.935. The summed E-state index contributed by atoms with van der Waals surface area (Å²) >= 11 is 1.70. The molecule has 0 fully saturated rings. The molecule has 12 heavy (non-hydrogen) atoms. The molecular formula is C8H12N2OS. The molecule has 3 nitrogen and oxygen atoms in total. The molecule has 0 aromatic rings. The van der Waals surface area contributed by atoms with Crippen molar-refractivity contribution in [3.05, 3.63) is 12.7 Å². The Morgan fingerprint density at radius 3 is 3.08 bits per heavy atom. The van der Waals surface area contributed by atoms with E-state index in [-0.39, 0.29) is 12.3 Å². The topological polar surface area (TPSA) is 52.9 Å². The number of rotatable bonds is 6. The Bertz CT molecular complexity index is 186. The molecule has 0 radical (unpaired) electrons. The van der Waals surface area contributed by atoms with Crippen LogP contribution in [0, 0.1) is 11.3 Å². The number of nitrogens with one attached hydrogen (secondary N) is 1. The average molecular weight is 184 g/mol. The molecule has 4 heteroatoms. The zero-order valence-electron chi connectivity index (χ0n) is 6.88. The molecule has 0 aliphatic carbocycles. The van der Waals surface area contributed by atoms with Gasteiger partial charge in [0.05, 0.1) is 6.07 Å². The van der Waals surface area contributed by atoms with Crippen LogP contribution in [0.3, 0.4) is 0 Å². The molecule has 0 spiro atoms. The molecule has 1 amide bonds. The summed E-state index contributed by atoms with van der Waals surface area (Å²) in [5.74, 6) is 1.56. The van der Waals surface area contributed by atoms with Crippen LogP contribution in [0.1, 0.15) is 6.42 Å². The first-order valence-electron chi connectivity index (χ1n) is 3.63. The van der Waals surface area contributed by atoms with Gasteiger partial charge >= 0.3 is 0 Å². The quantitative estimate of drug-likeness (QED) is 0.493. The number of amides is 1. The minimum atomic E-state index is -0.197. The normalized spacial score (nSPS) is 8.58. The second kappa shape index (κ2) is 8.15. The van der Waals surface area contributed by atoms with Gasteiger partial charge in [-0.15, -0.1) is 6.58 Å². The molecule has 0 aliphatic heterocycles. The number of carbonyl (C=O) groups is 1. The molecule has 0 aromatic heterocycles. The van der Waals surface area contributed by atoms with Gasteiger partial charge in [0, 0.05) is 18.1 Å². The van der Waals surface area contributed by atoms with E-state index < -0.39 is 0 Å². The number of hydrogen-bond donors (Lipinski definition) is 1. The number of carbonyl (C=O) groups excluding carboxylic acids is 1. The molecule has 0 aromatic carbocycles. The summed E-state index contributed by atoms with van der Waals surface area (Å²) in [6, 6.07) is 1.78. The van der Waals surface area contributed by atoms with Gasteiger partial charge in [-0.2, -0.15) is 17.0 Å². The maximum atomic E-state index is 10.7. The van der Waals surface area contributed by atoms with Crippen LogP contribution in [0.15, 0.2) is 12.7 Å². The number of nitriles is 1. The minimum absolute atomic E-state index is 0.0495. The Labute approximate surface area is 76.8 Å². The molecule has 0 bridgehead atoms. The van der Waals surface area contributed by atoms with E-state index in [0.717, 1.165) is 11.5 Å². The summed E-state index contributed by atoms with van der Waals surface area (Å²) < 4.78 is 0. The third-order valence-electron chi connectivity index (χ3n) is 1.04. The van der Waals surface area contributed by atoms with Gasteiger partial charge in [0.25, 0.3) is 0 Å². The average Bonchev–Trinajstić information content (AvgIpc) is 2.05. The Hall–Kier alpha value is -0.950. The Morgan fingerprint density at radius 1 is 1.75 bits per heavy atom. The largest absolute Gasteiger partial charge is 0.354 e. The van der Waals surface area contributed by atoms with Crippen molar-refractivity contribution in [2.45, 2.75) is 6.42 Å². The van der Waals surface area contributed by atoms with Crippen LogP contribution in [0.5, 0.6) is 0 Å². The number of hydrogen-bond acceptors (Lipinski definition) is 3. The van der Waals surface area contributed by atoms with E-state index in [1.165, 1.54) is 0 Å². The number of nitrogens with zero attached hydrogens (tertiary/aromatic N) is 1. The van der Waals surface area contributed by atoms with Crippen molar-refractivity contribution < 1.29 is 4.79 Å². The molecular weight excluding hydrogens is 172 g/mol. The highest BCUT2D eigenvalue weighted by Crippen LogP contribution is 1.96. The van der Waals surface area contributed by atoms with Gasteiger partial charge in [0.2, 0.25) is 5.91 Å². The lowest BCUT2D eigenvalue weighted by Crippen LogP contribution is -2.24. The molecule has 0 saturated heterocycles. The lowest BCUT2D eigenvalue weighted by molar-refractivity contribution is -0.119. The first-order valence-corrected chi connectivity index (χ1v) is 4.79. The summed E-state index contributed by atoms with van der Waals surface area (Å²) in [6.45, 7) is 4.20. The van der Waals surface area contributed by atoms with Gasteiger partial charge in [-0.1, -0.05) is 6.08 Å². The molecule has 0 saturated carbocycles. The third kappa shape index (κ3) is 7.16. The molecule has 1 N–H and O–H groups in total. The Morgan fingerprint density at radius 2 is 2.50 bits per heavy atom.